The second kappa shape index (κ2) is 5.59. The number of fused-ring (bicyclic) bond motifs is 1. The molecule has 0 saturated carbocycles. The van der Waals surface area contributed by atoms with Crippen molar-refractivity contribution >= 4 is 10.0 Å². The highest BCUT2D eigenvalue weighted by atomic mass is 32.2. The maximum atomic E-state index is 12.9. The summed E-state index contributed by atoms with van der Waals surface area (Å²) in [6.07, 6.45) is 3.59. The van der Waals surface area contributed by atoms with Crippen LogP contribution in [0, 0.1) is 0 Å². The first-order valence-corrected chi connectivity index (χ1v) is 8.29. The summed E-state index contributed by atoms with van der Waals surface area (Å²) in [6.45, 7) is 1.96. The van der Waals surface area contributed by atoms with E-state index in [0.717, 1.165) is 11.4 Å². The van der Waals surface area contributed by atoms with Crippen LogP contribution in [-0.2, 0) is 29.7 Å². The van der Waals surface area contributed by atoms with Crippen LogP contribution in [0.1, 0.15) is 11.4 Å². The van der Waals surface area contributed by atoms with Crippen molar-refractivity contribution in [2.75, 3.05) is 13.6 Å². The Morgan fingerprint density at radius 2 is 2.10 bits per heavy atom. The highest BCUT2D eigenvalue weighted by Crippen LogP contribution is 2.23. The van der Waals surface area contributed by atoms with Gasteiger partial charge in [-0.2, -0.15) is 4.31 Å². The number of benzene rings is 1. The molecule has 112 valence electrons. The summed E-state index contributed by atoms with van der Waals surface area (Å²) in [7, 11) is -1.69. The minimum atomic E-state index is -3.50. The Balaban J connectivity index is 1.95. The van der Waals surface area contributed by atoms with E-state index < -0.39 is 10.0 Å². The van der Waals surface area contributed by atoms with Crippen LogP contribution < -0.4 is 5.32 Å². The van der Waals surface area contributed by atoms with Crippen molar-refractivity contribution in [3.8, 4) is 0 Å². The highest BCUT2D eigenvalue weighted by Gasteiger charge is 2.30. The van der Waals surface area contributed by atoms with Crippen molar-refractivity contribution < 1.29 is 8.42 Å². The van der Waals surface area contributed by atoms with Crippen molar-refractivity contribution in [3.05, 3.63) is 48.0 Å². The van der Waals surface area contributed by atoms with Crippen molar-refractivity contribution in [2.24, 2.45) is 0 Å². The third kappa shape index (κ3) is 2.59. The van der Waals surface area contributed by atoms with Crippen molar-refractivity contribution in [1.82, 2.24) is 19.2 Å². The average Bonchev–Trinajstić information content (AvgIpc) is 2.95. The Morgan fingerprint density at radius 3 is 2.90 bits per heavy atom. The summed E-state index contributed by atoms with van der Waals surface area (Å²) in [5, 5.41) is 3.01. The molecule has 0 spiro atoms. The molecule has 1 aromatic carbocycles. The summed E-state index contributed by atoms with van der Waals surface area (Å²) in [5.74, 6) is 0.788. The molecule has 7 heteroatoms. The molecule has 3 rings (SSSR count). The second-order valence-electron chi connectivity index (χ2n) is 5.01. The number of sulfonamides is 1. The van der Waals surface area contributed by atoms with E-state index >= 15 is 0 Å². The third-order valence-corrected chi connectivity index (χ3v) is 5.61. The molecule has 1 aromatic heterocycles. The van der Waals surface area contributed by atoms with Gasteiger partial charge < -0.3 is 9.88 Å². The number of rotatable bonds is 4. The maximum absolute atomic E-state index is 12.9. The number of nitrogens with one attached hydrogen (secondary N) is 1. The van der Waals surface area contributed by atoms with Gasteiger partial charge in [0.2, 0.25) is 10.0 Å². The van der Waals surface area contributed by atoms with Crippen LogP contribution in [-0.4, -0.2) is 35.9 Å². The van der Waals surface area contributed by atoms with Crippen LogP contribution in [0.4, 0.5) is 0 Å². The van der Waals surface area contributed by atoms with Gasteiger partial charge in [-0.1, -0.05) is 18.2 Å². The molecule has 0 radical (unpaired) electrons. The number of aromatic nitrogens is 2. The van der Waals surface area contributed by atoms with Gasteiger partial charge in [0.1, 0.15) is 5.82 Å². The normalized spacial score (nSPS) is 15.9. The zero-order valence-corrected chi connectivity index (χ0v) is 12.7. The first kappa shape index (κ1) is 14.2. The third-order valence-electron chi connectivity index (χ3n) is 3.67. The van der Waals surface area contributed by atoms with E-state index in [0.29, 0.717) is 31.1 Å². The lowest BCUT2D eigenvalue weighted by Gasteiger charge is -2.27. The van der Waals surface area contributed by atoms with E-state index in [1.807, 2.05) is 22.9 Å². The molecule has 0 fully saturated rings. The van der Waals surface area contributed by atoms with Gasteiger partial charge in [0.05, 0.1) is 11.4 Å². The molecule has 0 amide bonds. The number of hydrogen-bond donors (Lipinski definition) is 1. The van der Waals surface area contributed by atoms with E-state index in [1.54, 1.807) is 25.4 Å². The van der Waals surface area contributed by atoms with Gasteiger partial charge in [-0.15, -0.1) is 0 Å². The molecule has 21 heavy (non-hydrogen) atoms. The molecule has 1 aliphatic heterocycles. The Kier molecular flexibility index (Phi) is 3.79. The van der Waals surface area contributed by atoms with Gasteiger partial charge in [-0.05, 0) is 18.7 Å². The van der Waals surface area contributed by atoms with Gasteiger partial charge in [0.25, 0.3) is 0 Å². The standard InChI is InChI=1S/C14H18N4O2S/c1-15-10-12-4-2-3-5-13(12)21(19,20)18-9-8-17-7-6-16-14(17)11-18/h2-7,15H,8-11H2,1H3. The van der Waals surface area contributed by atoms with Crippen LogP contribution in [0.5, 0.6) is 0 Å². The molecule has 0 atom stereocenters. The van der Waals surface area contributed by atoms with E-state index in [-0.39, 0.29) is 0 Å². The molecule has 1 aliphatic rings. The number of nitrogens with zero attached hydrogens (tertiary/aromatic N) is 3. The quantitative estimate of drug-likeness (QED) is 0.907. The fourth-order valence-electron chi connectivity index (χ4n) is 2.59. The summed E-state index contributed by atoms with van der Waals surface area (Å²) in [5.41, 5.74) is 0.786. The highest BCUT2D eigenvalue weighted by molar-refractivity contribution is 7.89. The van der Waals surface area contributed by atoms with Gasteiger partial charge in [0, 0.05) is 32.0 Å². The zero-order valence-electron chi connectivity index (χ0n) is 11.9. The summed E-state index contributed by atoms with van der Waals surface area (Å²) in [4.78, 5) is 4.59. The van der Waals surface area contributed by atoms with Crippen LogP contribution in [0.2, 0.25) is 0 Å². The molecule has 6 nitrogen and oxygen atoms in total. The van der Waals surface area contributed by atoms with Crippen LogP contribution in [0.3, 0.4) is 0 Å². The molecule has 0 saturated heterocycles. The molecule has 2 aromatic rings. The predicted molar refractivity (Wildman–Crippen MR) is 79.0 cm³/mol. The zero-order chi connectivity index (χ0) is 14.9. The van der Waals surface area contributed by atoms with Crippen LogP contribution >= 0.6 is 0 Å². The minimum absolute atomic E-state index is 0.323. The van der Waals surface area contributed by atoms with Crippen molar-refractivity contribution in [3.63, 3.8) is 0 Å². The second-order valence-corrected chi connectivity index (χ2v) is 6.92. The van der Waals surface area contributed by atoms with Crippen LogP contribution in [0.25, 0.3) is 0 Å². The summed E-state index contributed by atoms with van der Waals surface area (Å²) < 4.78 is 29.2. The monoisotopic (exact) mass is 306 g/mol. The van der Waals surface area contributed by atoms with Gasteiger partial charge in [-0.25, -0.2) is 13.4 Å². The van der Waals surface area contributed by atoms with Gasteiger partial charge >= 0.3 is 0 Å². The topological polar surface area (TPSA) is 67.2 Å². The number of imidazole rings is 1. The Bertz CT molecular complexity index is 739. The van der Waals surface area contributed by atoms with Crippen LogP contribution in [0.15, 0.2) is 41.6 Å². The Morgan fingerprint density at radius 1 is 1.29 bits per heavy atom. The molecule has 1 N–H and O–H groups in total. The fraction of sp³-hybridized carbons (Fsp3) is 0.357. The average molecular weight is 306 g/mol. The SMILES string of the molecule is CNCc1ccccc1S(=O)(=O)N1CCn2ccnc2C1. The Labute approximate surface area is 124 Å². The number of hydrogen-bond acceptors (Lipinski definition) is 4. The maximum Gasteiger partial charge on any atom is 0.243 e. The van der Waals surface area contributed by atoms with Gasteiger partial charge in [-0.3, -0.25) is 0 Å². The van der Waals surface area contributed by atoms with Gasteiger partial charge in [0.15, 0.2) is 0 Å². The van der Waals surface area contributed by atoms with E-state index in [1.165, 1.54) is 4.31 Å². The summed E-state index contributed by atoms with van der Waals surface area (Å²) >= 11 is 0. The predicted octanol–water partition coefficient (Wildman–Crippen LogP) is 0.807. The molecule has 0 bridgehead atoms. The lowest BCUT2D eigenvalue weighted by Crippen LogP contribution is -2.38. The molecular formula is C14H18N4O2S. The molecular weight excluding hydrogens is 288 g/mol. The molecule has 0 aliphatic carbocycles. The smallest absolute Gasteiger partial charge is 0.243 e. The first-order chi connectivity index (χ1) is 10.1. The minimum Gasteiger partial charge on any atom is -0.333 e. The van der Waals surface area contributed by atoms with Crippen molar-refractivity contribution in [2.45, 2.75) is 24.5 Å². The first-order valence-electron chi connectivity index (χ1n) is 6.85. The molecule has 0 unspecified atom stereocenters. The summed E-state index contributed by atoms with van der Waals surface area (Å²) in [6, 6.07) is 7.13. The largest absolute Gasteiger partial charge is 0.333 e. The van der Waals surface area contributed by atoms with Crippen molar-refractivity contribution in [1.29, 1.82) is 0 Å². The lowest BCUT2D eigenvalue weighted by atomic mass is 10.2. The Hall–Kier alpha value is -1.70. The van der Waals surface area contributed by atoms with E-state index in [2.05, 4.69) is 10.3 Å². The lowest BCUT2D eigenvalue weighted by molar-refractivity contribution is 0.335. The van der Waals surface area contributed by atoms with E-state index in [4.69, 9.17) is 0 Å². The molecule has 2 heterocycles. The van der Waals surface area contributed by atoms with E-state index in [9.17, 15) is 8.42 Å². The fourth-order valence-corrected chi connectivity index (χ4v) is 4.20.